The Bertz CT molecular complexity index is 130. The van der Waals surface area contributed by atoms with Crippen LogP contribution in [0.15, 0.2) is 0 Å². The first kappa shape index (κ1) is 8.53. The number of hydrogen-bond donors (Lipinski definition) is 1. The second-order valence-corrected chi connectivity index (χ2v) is 3.09. The van der Waals surface area contributed by atoms with Crippen molar-refractivity contribution in [2.45, 2.75) is 25.7 Å². The van der Waals surface area contributed by atoms with Crippen LogP contribution in [0.3, 0.4) is 0 Å². The lowest BCUT2D eigenvalue weighted by Crippen LogP contribution is -2.10. The van der Waals surface area contributed by atoms with Gasteiger partial charge in [0.05, 0.1) is 0 Å². The number of nitrogens with two attached hydrogens (primary N) is 1. The number of ether oxygens (including phenoxy) is 1. The van der Waals surface area contributed by atoms with Gasteiger partial charge in [0.1, 0.15) is 0 Å². The Hall–Kier alpha value is -0.570. The first-order chi connectivity index (χ1) is 5.29. The molecule has 3 nitrogen and oxygen atoms in total. The Kier molecular flexibility index (Phi) is 3.36. The second kappa shape index (κ2) is 4.34. The highest BCUT2D eigenvalue weighted by molar-refractivity contribution is 5.73. The first-order valence-corrected chi connectivity index (χ1v) is 4.15. The molecule has 0 saturated carbocycles. The summed E-state index contributed by atoms with van der Waals surface area (Å²) < 4.78 is 5.20. The highest BCUT2D eigenvalue weighted by Gasteiger charge is 2.14. The number of primary amides is 1. The van der Waals surface area contributed by atoms with Gasteiger partial charge in [-0.3, -0.25) is 4.79 Å². The van der Waals surface area contributed by atoms with Crippen molar-refractivity contribution < 1.29 is 9.53 Å². The number of carbonyl (C=O) groups is 1. The van der Waals surface area contributed by atoms with Crippen molar-refractivity contribution in [2.75, 3.05) is 13.2 Å². The Morgan fingerprint density at radius 1 is 1.64 bits per heavy atom. The molecule has 2 N–H and O–H groups in total. The highest BCUT2D eigenvalue weighted by Crippen LogP contribution is 2.18. The molecule has 0 aromatic carbocycles. The fourth-order valence-electron chi connectivity index (χ4n) is 1.38. The molecule has 1 aliphatic heterocycles. The van der Waals surface area contributed by atoms with E-state index in [0.717, 1.165) is 32.5 Å². The minimum absolute atomic E-state index is 0.191. The molecule has 11 heavy (non-hydrogen) atoms. The molecule has 1 rings (SSSR count). The van der Waals surface area contributed by atoms with Crippen LogP contribution in [0.5, 0.6) is 0 Å². The maximum atomic E-state index is 10.4. The summed E-state index contributed by atoms with van der Waals surface area (Å²) in [5.74, 6) is 0.485. The summed E-state index contributed by atoms with van der Waals surface area (Å²) in [4.78, 5) is 10.4. The molecule has 0 bridgehead atoms. The lowest BCUT2D eigenvalue weighted by atomic mass is 10.0. The van der Waals surface area contributed by atoms with Crippen LogP contribution in [0, 0.1) is 5.92 Å². The van der Waals surface area contributed by atoms with Crippen LogP contribution in [-0.4, -0.2) is 19.1 Å². The van der Waals surface area contributed by atoms with Crippen molar-refractivity contribution in [3.8, 4) is 0 Å². The average molecular weight is 157 g/mol. The zero-order chi connectivity index (χ0) is 8.10. The van der Waals surface area contributed by atoms with Crippen molar-refractivity contribution in [1.29, 1.82) is 0 Å². The van der Waals surface area contributed by atoms with Crippen molar-refractivity contribution >= 4 is 5.91 Å². The molecule has 0 spiro atoms. The predicted molar refractivity (Wildman–Crippen MR) is 42.0 cm³/mol. The van der Waals surface area contributed by atoms with Crippen LogP contribution >= 0.6 is 0 Å². The summed E-state index contributed by atoms with van der Waals surface area (Å²) in [6.45, 7) is 1.76. The van der Waals surface area contributed by atoms with Gasteiger partial charge < -0.3 is 10.5 Å². The van der Waals surface area contributed by atoms with Gasteiger partial charge in [-0.1, -0.05) is 0 Å². The fraction of sp³-hybridized carbons (Fsp3) is 0.875. The Morgan fingerprint density at radius 3 is 3.00 bits per heavy atom. The second-order valence-electron chi connectivity index (χ2n) is 3.09. The van der Waals surface area contributed by atoms with E-state index in [1.807, 2.05) is 0 Å². The molecule has 1 fully saturated rings. The van der Waals surface area contributed by atoms with Crippen LogP contribution in [0.1, 0.15) is 25.7 Å². The summed E-state index contributed by atoms with van der Waals surface area (Å²) in [5, 5.41) is 0. The van der Waals surface area contributed by atoms with Crippen LogP contribution in [0.2, 0.25) is 0 Å². The summed E-state index contributed by atoms with van der Waals surface area (Å²) in [6, 6.07) is 0. The average Bonchev–Trinajstić information content (AvgIpc) is 2.39. The minimum atomic E-state index is -0.191. The zero-order valence-electron chi connectivity index (χ0n) is 6.71. The minimum Gasteiger partial charge on any atom is -0.381 e. The molecule has 0 aromatic heterocycles. The predicted octanol–water partition coefficient (Wildman–Crippen LogP) is 0.678. The molecule has 1 saturated heterocycles. The molecule has 1 aliphatic rings. The van der Waals surface area contributed by atoms with E-state index in [9.17, 15) is 4.79 Å². The molecular weight excluding hydrogens is 142 g/mol. The van der Waals surface area contributed by atoms with E-state index in [2.05, 4.69) is 0 Å². The molecule has 0 radical (unpaired) electrons. The first-order valence-electron chi connectivity index (χ1n) is 4.15. The third kappa shape index (κ3) is 3.37. The van der Waals surface area contributed by atoms with Gasteiger partial charge in [0.2, 0.25) is 5.91 Å². The van der Waals surface area contributed by atoms with Gasteiger partial charge in [-0.05, 0) is 25.2 Å². The lowest BCUT2D eigenvalue weighted by Gasteiger charge is -2.04. The molecule has 0 aromatic rings. The van der Waals surface area contributed by atoms with E-state index in [4.69, 9.17) is 10.5 Å². The summed E-state index contributed by atoms with van der Waals surface area (Å²) in [6.07, 6.45) is 3.68. The summed E-state index contributed by atoms with van der Waals surface area (Å²) in [5.41, 5.74) is 5.01. The van der Waals surface area contributed by atoms with Gasteiger partial charge in [0.25, 0.3) is 0 Å². The van der Waals surface area contributed by atoms with E-state index in [1.54, 1.807) is 0 Å². The van der Waals surface area contributed by atoms with E-state index in [1.165, 1.54) is 0 Å². The molecule has 64 valence electrons. The Balaban J connectivity index is 1.98. The van der Waals surface area contributed by atoms with Gasteiger partial charge in [-0.25, -0.2) is 0 Å². The fourth-order valence-corrected chi connectivity index (χ4v) is 1.38. The zero-order valence-corrected chi connectivity index (χ0v) is 6.71. The largest absolute Gasteiger partial charge is 0.381 e. The number of carbonyl (C=O) groups excluding carboxylic acids is 1. The Labute approximate surface area is 66.9 Å². The number of rotatable bonds is 4. The van der Waals surface area contributed by atoms with Crippen LogP contribution in [-0.2, 0) is 9.53 Å². The normalized spacial score (nSPS) is 23.8. The Morgan fingerprint density at radius 2 is 2.45 bits per heavy atom. The lowest BCUT2D eigenvalue weighted by molar-refractivity contribution is -0.118. The quantitative estimate of drug-likeness (QED) is 0.652. The molecule has 1 atom stereocenters. The molecule has 1 heterocycles. The van der Waals surface area contributed by atoms with E-state index >= 15 is 0 Å². The molecule has 1 unspecified atom stereocenters. The van der Waals surface area contributed by atoms with Gasteiger partial charge >= 0.3 is 0 Å². The van der Waals surface area contributed by atoms with Gasteiger partial charge in [0.15, 0.2) is 0 Å². The smallest absolute Gasteiger partial charge is 0.217 e. The summed E-state index contributed by atoms with van der Waals surface area (Å²) >= 11 is 0. The SMILES string of the molecule is NC(=O)CCCC1CCOC1. The van der Waals surface area contributed by atoms with Crippen molar-refractivity contribution in [2.24, 2.45) is 11.7 Å². The topological polar surface area (TPSA) is 52.3 Å². The van der Waals surface area contributed by atoms with Crippen LogP contribution in [0.4, 0.5) is 0 Å². The highest BCUT2D eigenvalue weighted by atomic mass is 16.5. The molecule has 0 aliphatic carbocycles. The van der Waals surface area contributed by atoms with E-state index < -0.39 is 0 Å². The van der Waals surface area contributed by atoms with Gasteiger partial charge in [-0.2, -0.15) is 0 Å². The third-order valence-corrected chi connectivity index (χ3v) is 2.06. The van der Waals surface area contributed by atoms with Gasteiger partial charge in [-0.15, -0.1) is 0 Å². The van der Waals surface area contributed by atoms with Crippen LogP contribution < -0.4 is 5.73 Å². The van der Waals surface area contributed by atoms with Crippen molar-refractivity contribution in [1.82, 2.24) is 0 Å². The molecule has 3 heteroatoms. The van der Waals surface area contributed by atoms with E-state index in [0.29, 0.717) is 12.3 Å². The summed E-state index contributed by atoms with van der Waals surface area (Å²) in [7, 11) is 0. The maximum Gasteiger partial charge on any atom is 0.217 e. The van der Waals surface area contributed by atoms with Crippen molar-refractivity contribution in [3.63, 3.8) is 0 Å². The molecular formula is C8H15NO2. The molecule has 1 amide bonds. The monoisotopic (exact) mass is 157 g/mol. The van der Waals surface area contributed by atoms with Crippen LogP contribution in [0.25, 0.3) is 0 Å². The number of amides is 1. The standard InChI is InChI=1S/C8H15NO2/c9-8(10)3-1-2-7-4-5-11-6-7/h7H,1-6H2,(H2,9,10). The maximum absolute atomic E-state index is 10.4. The number of hydrogen-bond acceptors (Lipinski definition) is 2. The van der Waals surface area contributed by atoms with Gasteiger partial charge in [0, 0.05) is 19.6 Å². The third-order valence-electron chi connectivity index (χ3n) is 2.06. The van der Waals surface area contributed by atoms with Crippen molar-refractivity contribution in [3.05, 3.63) is 0 Å². The van der Waals surface area contributed by atoms with E-state index in [-0.39, 0.29) is 5.91 Å².